The molecule has 26 heavy (non-hydrogen) atoms. The lowest BCUT2D eigenvalue weighted by Gasteiger charge is -2.03. The fourth-order valence-electron chi connectivity index (χ4n) is 2.07. The first kappa shape index (κ1) is 18.1. The number of aromatic nitrogens is 3. The van der Waals surface area contributed by atoms with Crippen molar-refractivity contribution in [3.63, 3.8) is 0 Å². The first-order chi connectivity index (χ1) is 12.5. The molecule has 0 fully saturated rings. The second kappa shape index (κ2) is 8.11. The monoisotopic (exact) mass is 433 g/mol. The number of benzene rings is 2. The molecule has 132 valence electrons. The minimum atomic E-state index is -0.512. The van der Waals surface area contributed by atoms with Crippen LogP contribution < -0.4 is 5.32 Å². The molecule has 0 aliphatic heterocycles. The third kappa shape index (κ3) is 4.67. The summed E-state index contributed by atoms with van der Waals surface area (Å²) < 4.78 is 0.966. The van der Waals surface area contributed by atoms with E-state index < -0.39 is 4.92 Å². The van der Waals surface area contributed by atoms with Crippen molar-refractivity contribution in [3.8, 4) is 11.4 Å². The Kier molecular flexibility index (Phi) is 5.64. The van der Waals surface area contributed by atoms with Gasteiger partial charge in [-0.05, 0) is 18.2 Å². The molecule has 0 aliphatic rings. The van der Waals surface area contributed by atoms with E-state index in [0.717, 1.165) is 10.0 Å². The van der Waals surface area contributed by atoms with E-state index in [1.807, 2.05) is 24.3 Å². The fraction of sp³-hybridized carbons (Fsp3) is 0.0625. The van der Waals surface area contributed by atoms with Crippen LogP contribution >= 0.6 is 27.7 Å². The molecule has 0 radical (unpaired) electrons. The molecule has 8 nitrogen and oxygen atoms in total. The summed E-state index contributed by atoms with van der Waals surface area (Å²) in [6.45, 7) is 0. The number of carbonyl (C=O) groups is 1. The molecule has 3 aromatic rings. The minimum absolute atomic E-state index is 0.0800. The lowest BCUT2D eigenvalue weighted by molar-refractivity contribution is -0.384. The average Bonchev–Trinajstić information content (AvgIpc) is 3.10. The summed E-state index contributed by atoms with van der Waals surface area (Å²) in [6, 6.07) is 13.4. The predicted octanol–water partition coefficient (Wildman–Crippen LogP) is 3.87. The number of carbonyl (C=O) groups excluding carboxylic acids is 1. The minimum Gasteiger partial charge on any atom is -0.325 e. The van der Waals surface area contributed by atoms with Gasteiger partial charge in [0.05, 0.1) is 10.7 Å². The van der Waals surface area contributed by atoms with Crippen molar-refractivity contribution < 1.29 is 9.72 Å². The van der Waals surface area contributed by atoms with Crippen LogP contribution in [0, 0.1) is 10.1 Å². The normalized spacial score (nSPS) is 10.5. The Bertz CT molecular complexity index is 945. The maximum Gasteiger partial charge on any atom is 0.271 e. The first-order valence-electron chi connectivity index (χ1n) is 7.37. The molecular weight excluding hydrogens is 422 g/mol. The molecule has 0 atom stereocenters. The SMILES string of the molecule is O=C(CSc1n[nH]c(-c2ccc(Br)cc2)n1)Nc1cccc([N+](=O)[O-])c1. The molecule has 10 heteroatoms. The average molecular weight is 434 g/mol. The van der Waals surface area contributed by atoms with E-state index in [-0.39, 0.29) is 17.3 Å². The van der Waals surface area contributed by atoms with Gasteiger partial charge in [0.25, 0.3) is 5.69 Å². The number of anilines is 1. The zero-order chi connectivity index (χ0) is 18.5. The molecule has 0 saturated heterocycles. The van der Waals surface area contributed by atoms with Gasteiger partial charge >= 0.3 is 0 Å². The van der Waals surface area contributed by atoms with Gasteiger partial charge in [-0.3, -0.25) is 20.0 Å². The van der Waals surface area contributed by atoms with Crippen LogP contribution in [0.25, 0.3) is 11.4 Å². The van der Waals surface area contributed by atoms with Crippen LogP contribution in [0.1, 0.15) is 0 Å². The number of non-ortho nitro benzene ring substituents is 1. The predicted molar refractivity (Wildman–Crippen MR) is 102 cm³/mol. The van der Waals surface area contributed by atoms with Gasteiger partial charge in [-0.15, -0.1) is 5.10 Å². The number of hydrogen-bond donors (Lipinski definition) is 2. The molecule has 0 aliphatic carbocycles. The molecule has 1 heterocycles. The zero-order valence-electron chi connectivity index (χ0n) is 13.2. The Balaban J connectivity index is 1.57. The van der Waals surface area contributed by atoms with Gasteiger partial charge in [-0.2, -0.15) is 0 Å². The third-order valence-electron chi connectivity index (χ3n) is 3.26. The number of halogens is 1. The highest BCUT2D eigenvalue weighted by Gasteiger charge is 2.11. The summed E-state index contributed by atoms with van der Waals surface area (Å²) >= 11 is 4.54. The Hall–Kier alpha value is -2.72. The summed E-state index contributed by atoms with van der Waals surface area (Å²) in [4.78, 5) is 26.6. The molecule has 0 saturated carbocycles. The molecule has 2 aromatic carbocycles. The first-order valence-corrected chi connectivity index (χ1v) is 9.14. The van der Waals surface area contributed by atoms with Crippen molar-refractivity contribution in [3.05, 3.63) is 63.1 Å². The highest BCUT2D eigenvalue weighted by atomic mass is 79.9. The molecule has 0 unspecified atom stereocenters. The topological polar surface area (TPSA) is 114 Å². The number of amides is 1. The van der Waals surface area contributed by atoms with E-state index in [0.29, 0.717) is 16.7 Å². The summed E-state index contributed by atoms with van der Waals surface area (Å²) in [5.74, 6) is 0.393. The van der Waals surface area contributed by atoms with Gasteiger partial charge in [-0.1, -0.05) is 45.9 Å². The summed E-state index contributed by atoms with van der Waals surface area (Å²) in [5.41, 5.74) is 1.17. The summed E-state index contributed by atoms with van der Waals surface area (Å²) in [5, 5.41) is 20.7. The van der Waals surface area contributed by atoms with Crippen LogP contribution in [0.15, 0.2) is 58.2 Å². The van der Waals surface area contributed by atoms with Gasteiger partial charge in [0.2, 0.25) is 11.1 Å². The van der Waals surface area contributed by atoms with Crippen molar-refractivity contribution in [2.75, 3.05) is 11.1 Å². The van der Waals surface area contributed by atoms with E-state index >= 15 is 0 Å². The highest BCUT2D eigenvalue weighted by molar-refractivity contribution is 9.10. The van der Waals surface area contributed by atoms with Crippen LogP contribution in [0.5, 0.6) is 0 Å². The van der Waals surface area contributed by atoms with Gasteiger partial charge < -0.3 is 5.32 Å². The lowest BCUT2D eigenvalue weighted by atomic mass is 10.2. The van der Waals surface area contributed by atoms with Crippen molar-refractivity contribution in [2.45, 2.75) is 5.16 Å². The maximum atomic E-state index is 12.0. The molecule has 3 rings (SSSR count). The Morgan fingerprint density at radius 1 is 1.27 bits per heavy atom. The number of nitrogens with one attached hydrogen (secondary N) is 2. The van der Waals surface area contributed by atoms with Crippen molar-refractivity contribution in [2.24, 2.45) is 0 Å². The number of nitrogens with zero attached hydrogens (tertiary/aromatic N) is 3. The number of nitro benzene ring substituents is 1. The second-order valence-corrected chi connectivity index (χ2v) is 6.98. The number of nitro groups is 1. The number of hydrogen-bond acceptors (Lipinski definition) is 6. The third-order valence-corrected chi connectivity index (χ3v) is 4.63. The van der Waals surface area contributed by atoms with Crippen molar-refractivity contribution in [1.29, 1.82) is 0 Å². The smallest absolute Gasteiger partial charge is 0.271 e. The molecule has 0 spiro atoms. The van der Waals surface area contributed by atoms with Crippen LogP contribution in [0.4, 0.5) is 11.4 Å². The van der Waals surface area contributed by atoms with Crippen molar-refractivity contribution >= 4 is 45.0 Å². The second-order valence-electron chi connectivity index (χ2n) is 5.12. The van der Waals surface area contributed by atoms with E-state index in [1.54, 1.807) is 6.07 Å². The Labute approximate surface area is 160 Å². The summed E-state index contributed by atoms with van der Waals surface area (Å²) in [6.07, 6.45) is 0. The molecule has 1 amide bonds. The summed E-state index contributed by atoms with van der Waals surface area (Å²) in [7, 11) is 0. The number of thioether (sulfide) groups is 1. The number of H-pyrrole nitrogens is 1. The van der Waals surface area contributed by atoms with Gasteiger partial charge in [-0.25, -0.2) is 4.98 Å². The van der Waals surface area contributed by atoms with Gasteiger partial charge in [0.1, 0.15) is 0 Å². The zero-order valence-corrected chi connectivity index (χ0v) is 15.6. The van der Waals surface area contributed by atoms with E-state index in [2.05, 4.69) is 36.4 Å². The Morgan fingerprint density at radius 3 is 2.77 bits per heavy atom. The van der Waals surface area contributed by atoms with E-state index in [1.165, 1.54) is 30.0 Å². The quantitative estimate of drug-likeness (QED) is 0.346. The molecular formula is C16H12BrN5O3S. The maximum absolute atomic E-state index is 12.0. The Morgan fingerprint density at radius 2 is 2.04 bits per heavy atom. The van der Waals surface area contributed by atoms with E-state index in [4.69, 9.17) is 0 Å². The van der Waals surface area contributed by atoms with Crippen LogP contribution in [-0.2, 0) is 4.79 Å². The number of aromatic amines is 1. The van der Waals surface area contributed by atoms with Crippen LogP contribution in [-0.4, -0.2) is 31.8 Å². The van der Waals surface area contributed by atoms with Gasteiger partial charge in [0, 0.05) is 27.9 Å². The van der Waals surface area contributed by atoms with Crippen LogP contribution in [0.3, 0.4) is 0 Å². The standard InChI is InChI=1S/C16H12BrN5O3S/c17-11-6-4-10(5-7-11)15-19-16(21-20-15)26-9-14(23)18-12-2-1-3-13(8-12)22(24)25/h1-8H,9H2,(H,18,23)(H,19,20,21). The fourth-order valence-corrected chi connectivity index (χ4v) is 2.93. The number of rotatable bonds is 6. The van der Waals surface area contributed by atoms with E-state index in [9.17, 15) is 14.9 Å². The lowest BCUT2D eigenvalue weighted by Crippen LogP contribution is -2.14. The van der Waals surface area contributed by atoms with Crippen LogP contribution in [0.2, 0.25) is 0 Å². The highest BCUT2D eigenvalue weighted by Crippen LogP contribution is 2.22. The molecule has 2 N–H and O–H groups in total. The molecule has 0 bridgehead atoms. The molecule has 1 aromatic heterocycles. The van der Waals surface area contributed by atoms with Crippen molar-refractivity contribution in [1.82, 2.24) is 15.2 Å². The van der Waals surface area contributed by atoms with Gasteiger partial charge in [0.15, 0.2) is 5.82 Å². The largest absolute Gasteiger partial charge is 0.325 e.